The van der Waals surface area contributed by atoms with E-state index in [9.17, 15) is 9.59 Å². The average Bonchev–Trinajstić information content (AvgIpc) is 3.16. The summed E-state index contributed by atoms with van der Waals surface area (Å²) in [4.78, 5) is 28.6. The number of ether oxygens (including phenoxy) is 2. The van der Waals surface area contributed by atoms with Crippen LogP contribution in [0.25, 0.3) is 5.69 Å². The fraction of sp³-hybridized carbons (Fsp3) is 0.190. The maximum absolute atomic E-state index is 12.4. The van der Waals surface area contributed by atoms with Crippen LogP contribution in [0.2, 0.25) is 0 Å². The summed E-state index contributed by atoms with van der Waals surface area (Å²) in [6.07, 6.45) is 2.00. The van der Waals surface area contributed by atoms with E-state index >= 15 is 0 Å². The third kappa shape index (κ3) is 3.11. The minimum Gasteiger partial charge on any atom is -0.497 e. The van der Waals surface area contributed by atoms with E-state index in [1.165, 1.54) is 7.11 Å². The Hall–Kier alpha value is -3.61. The Labute approximate surface area is 161 Å². The summed E-state index contributed by atoms with van der Waals surface area (Å²) >= 11 is 0. The molecule has 0 unspecified atom stereocenters. The van der Waals surface area contributed by atoms with Gasteiger partial charge in [0.1, 0.15) is 17.9 Å². The van der Waals surface area contributed by atoms with Crippen LogP contribution in [0.4, 0.5) is 5.82 Å². The minimum absolute atomic E-state index is 0.0789. The molecule has 0 saturated carbocycles. The second-order valence-corrected chi connectivity index (χ2v) is 6.46. The minimum atomic E-state index is -0.391. The first-order valence-electron chi connectivity index (χ1n) is 8.80. The largest absolute Gasteiger partial charge is 0.497 e. The fourth-order valence-electron chi connectivity index (χ4n) is 3.39. The summed E-state index contributed by atoms with van der Waals surface area (Å²) in [5, 5.41) is 2.93. The van der Waals surface area contributed by atoms with Gasteiger partial charge in [-0.15, -0.1) is 0 Å². The molecule has 0 saturated heterocycles. The first kappa shape index (κ1) is 17.8. The highest BCUT2D eigenvalue weighted by atomic mass is 16.5. The fourth-order valence-corrected chi connectivity index (χ4v) is 3.39. The van der Waals surface area contributed by atoms with Crippen molar-refractivity contribution in [3.63, 3.8) is 0 Å². The van der Waals surface area contributed by atoms with Crippen LogP contribution in [-0.2, 0) is 9.53 Å². The van der Waals surface area contributed by atoms with Crippen molar-refractivity contribution >= 4 is 17.7 Å². The third-order valence-corrected chi connectivity index (χ3v) is 4.86. The summed E-state index contributed by atoms with van der Waals surface area (Å²) in [5.41, 5.74) is 3.05. The summed E-state index contributed by atoms with van der Waals surface area (Å²) in [6.45, 7) is 0. The van der Waals surface area contributed by atoms with E-state index < -0.39 is 5.97 Å². The number of fused-ring (bicyclic) bond motifs is 1. The molecule has 1 aliphatic heterocycles. The molecule has 28 heavy (non-hydrogen) atoms. The van der Waals surface area contributed by atoms with Crippen molar-refractivity contribution in [2.75, 3.05) is 19.5 Å². The SMILES string of the molecule is COC(=O)c1ccc([C@@H]2CC(=O)Nc3c2ncn3-c2ccc(OC)cc2)cc1. The third-order valence-electron chi connectivity index (χ3n) is 4.86. The zero-order valence-electron chi connectivity index (χ0n) is 15.5. The Kier molecular flexibility index (Phi) is 4.57. The molecule has 142 valence electrons. The van der Waals surface area contributed by atoms with E-state index in [-0.39, 0.29) is 11.8 Å². The van der Waals surface area contributed by atoms with Gasteiger partial charge < -0.3 is 14.8 Å². The Morgan fingerprint density at radius 1 is 1.11 bits per heavy atom. The molecule has 0 aliphatic carbocycles. The topological polar surface area (TPSA) is 82.5 Å². The molecule has 1 atom stereocenters. The zero-order valence-corrected chi connectivity index (χ0v) is 15.5. The molecule has 1 N–H and O–H groups in total. The molecular weight excluding hydrogens is 358 g/mol. The van der Waals surface area contributed by atoms with E-state index in [1.807, 2.05) is 41.0 Å². The number of esters is 1. The van der Waals surface area contributed by atoms with Crippen molar-refractivity contribution in [3.05, 3.63) is 71.7 Å². The molecule has 7 nitrogen and oxygen atoms in total. The second-order valence-electron chi connectivity index (χ2n) is 6.46. The Bertz CT molecular complexity index is 1020. The Balaban J connectivity index is 1.71. The predicted molar refractivity (Wildman–Crippen MR) is 103 cm³/mol. The van der Waals surface area contributed by atoms with Gasteiger partial charge in [0.2, 0.25) is 5.91 Å². The number of benzene rings is 2. The predicted octanol–water partition coefficient (Wildman–Crippen LogP) is 3.14. The van der Waals surface area contributed by atoms with Gasteiger partial charge in [-0.2, -0.15) is 0 Å². The normalized spacial score (nSPS) is 15.5. The van der Waals surface area contributed by atoms with Crippen molar-refractivity contribution in [2.45, 2.75) is 12.3 Å². The number of hydrogen-bond acceptors (Lipinski definition) is 5. The van der Waals surface area contributed by atoms with Crippen LogP contribution in [0.3, 0.4) is 0 Å². The number of aromatic nitrogens is 2. The number of hydrogen-bond donors (Lipinski definition) is 1. The highest BCUT2D eigenvalue weighted by Gasteiger charge is 2.31. The Morgan fingerprint density at radius 3 is 2.46 bits per heavy atom. The molecule has 1 aromatic heterocycles. The summed E-state index contributed by atoms with van der Waals surface area (Å²) < 4.78 is 11.8. The highest BCUT2D eigenvalue weighted by Crippen LogP contribution is 2.37. The maximum Gasteiger partial charge on any atom is 0.337 e. The average molecular weight is 377 g/mol. The zero-order chi connectivity index (χ0) is 19.7. The van der Waals surface area contributed by atoms with Crippen LogP contribution in [-0.4, -0.2) is 35.6 Å². The van der Waals surface area contributed by atoms with E-state index in [1.54, 1.807) is 25.6 Å². The molecule has 0 fully saturated rings. The van der Waals surface area contributed by atoms with Gasteiger partial charge in [0.05, 0.1) is 25.5 Å². The van der Waals surface area contributed by atoms with Crippen LogP contribution < -0.4 is 10.1 Å². The van der Waals surface area contributed by atoms with Gasteiger partial charge in [0.15, 0.2) is 0 Å². The molecule has 3 aromatic rings. The van der Waals surface area contributed by atoms with Gasteiger partial charge >= 0.3 is 5.97 Å². The molecule has 1 amide bonds. The van der Waals surface area contributed by atoms with Gasteiger partial charge in [0.25, 0.3) is 0 Å². The number of imidazole rings is 1. The molecule has 2 heterocycles. The molecule has 0 bridgehead atoms. The summed E-state index contributed by atoms with van der Waals surface area (Å²) in [7, 11) is 2.96. The first-order chi connectivity index (χ1) is 13.6. The lowest BCUT2D eigenvalue weighted by atomic mass is 9.89. The smallest absolute Gasteiger partial charge is 0.337 e. The molecular formula is C21H19N3O4. The number of carbonyl (C=O) groups is 2. The highest BCUT2D eigenvalue weighted by molar-refractivity contribution is 5.94. The summed E-state index contributed by atoms with van der Waals surface area (Å²) in [5.74, 6) is 0.756. The summed E-state index contributed by atoms with van der Waals surface area (Å²) in [6, 6.07) is 14.6. The number of nitrogens with one attached hydrogen (secondary N) is 1. The van der Waals surface area contributed by atoms with Crippen LogP contribution in [0, 0.1) is 0 Å². The lowest BCUT2D eigenvalue weighted by molar-refractivity contribution is -0.116. The van der Waals surface area contributed by atoms with E-state index in [0.717, 1.165) is 22.7 Å². The standard InChI is InChI=1S/C21H19N3O4/c1-27-16-9-7-15(8-10-16)24-12-22-19-17(11-18(25)23-20(19)24)13-3-5-14(6-4-13)21(26)28-2/h3-10,12,17H,11H2,1-2H3,(H,23,25)/t17-/m0/s1. The van der Waals surface area contributed by atoms with Crippen LogP contribution in [0.5, 0.6) is 5.75 Å². The number of rotatable bonds is 4. The monoisotopic (exact) mass is 377 g/mol. The first-order valence-corrected chi connectivity index (χ1v) is 8.80. The van der Waals surface area contributed by atoms with Crippen LogP contribution >= 0.6 is 0 Å². The van der Waals surface area contributed by atoms with Crippen molar-refractivity contribution in [1.29, 1.82) is 0 Å². The van der Waals surface area contributed by atoms with Gasteiger partial charge in [-0.25, -0.2) is 9.78 Å². The van der Waals surface area contributed by atoms with Crippen molar-refractivity contribution in [2.24, 2.45) is 0 Å². The molecule has 0 radical (unpaired) electrons. The molecule has 2 aromatic carbocycles. The lowest BCUT2D eigenvalue weighted by Crippen LogP contribution is -2.25. The van der Waals surface area contributed by atoms with E-state index in [0.29, 0.717) is 17.8 Å². The lowest BCUT2D eigenvalue weighted by Gasteiger charge is -2.23. The van der Waals surface area contributed by atoms with Crippen LogP contribution in [0.15, 0.2) is 54.9 Å². The van der Waals surface area contributed by atoms with Crippen LogP contribution in [0.1, 0.15) is 34.0 Å². The van der Waals surface area contributed by atoms with Crippen molar-refractivity contribution in [1.82, 2.24) is 9.55 Å². The van der Waals surface area contributed by atoms with Gasteiger partial charge in [-0.05, 0) is 42.0 Å². The van der Waals surface area contributed by atoms with Crippen molar-refractivity contribution in [3.8, 4) is 11.4 Å². The van der Waals surface area contributed by atoms with Gasteiger partial charge in [0, 0.05) is 18.0 Å². The quantitative estimate of drug-likeness (QED) is 0.707. The number of anilines is 1. The number of amides is 1. The molecule has 4 rings (SSSR count). The number of carbonyl (C=O) groups excluding carboxylic acids is 2. The van der Waals surface area contributed by atoms with E-state index in [4.69, 9.17) is 9.47 Å². The van der Waals surface area contributed by atoms with E-state index in [2.05, 4.69) is 10.3 Å². The Morgan fingerprint density at radius 2 is 1.82 bits per heavy atom. The van der Waals surface area contributed by atoms with Gasteiger partial charge in [-0.3, -0.25) is 9.36 Å². The molecule has 7 heteroatoms. The van der Waals surface area contributed by atoms with Gasteiger partial charge in [-0.1, -0.05) is 12.1 Å². The molecule has 1 aliphatic rings. The molecule has 0 spiro atoms. The number of methoxy groups -OCH3 is 2. The second kappa shape index (κ2) is 7.19. The van der Waals surface area contributed by atoms with Crippen molar-refractivity contribution < 1.29 is 19.1 Å². The number of nitrogens with zero attached hydrogens (tertiary/aromatic N) is 2. The maximum atomic E-state index is 12.4.